The van der Waals surface area contributed by atoms with E-state index in [1.54, 1.807) is 25.3 Å². The highest BCUT2D eigenvalue weighted by atomic mass is 35.5. The maximum Gasteiger partial charge on any atom is 0.322 e. The van der Waals surface area contributed by atoms with Crippen molar-refractivity contribution in [1.29, 1.82) is 0 Å². The van der Waals surface area contributed by atoms with Crippen LogP contribution in [-0.4, -0.2) is 69.4 Å². The van der Waals surface area contributed by atoms with Crippen LogP contribution in [0.3, 0.4) is 0 Å². The zero-order valence-electron chi connectivity index (χ0n) is 15.3. The van der Waals surface area contributed by atoms with Gasteiger partial charge in [-0.25, -0.2) is 4.79 Å². The molecule has 0 bridgehead atoms. The second kappa shape index (κ2) is 9.85. The molecule has 1 aliphatic rings. The third kappa shape index (κ3) is 6.06. The lowest BCUT2D eigenvalue weighted by Crippen LogP contribution is -2.49. The van der Waals surface area contributed by atoms with Crippen molar-refractivity contribution in [1.82, 2.24) is 9.80 Å². The van der Waals surface area contributed by atoms with Gasteiger partial charge in [0.1, 0.15) is 12.4 Å². The number of halogens is 1. The van der Waals surface area contributed by atoms with Gasteiger partial charge in [0.05, 0.1) is 11.6 Å². The molecule has 1 aromatic rings. The average Bonchev–Trinajstić information content (AvgIpc) is 2.57. The molecule has 25 heavy (non-hydrogen) atoms. The molecule has 0 radical (unpaired) electrons. The number of piperidine rings is 1. The van der Waals surface area contributed by atoms with Gasteiger partial charge in [-0.1, -0.05) is 11.6 Å². The van der Waals surface area contributed by atoms with Crippen molar-refractivity contribution in [2.75, 3.05) is 52.8 Å². The van der Waals surface area contributed by atoms with E-state index in [1.165, 1.54) is 6.42 Å². The molecule has 7 heteroatoms. The van der Waals surface area contributed by atoms with Gasteiger partial charge >= 0.3 is 6.03 Å². The molecule has 6 nitrogen and oxygen atoms in total. The van der Waals surface area contributed by atoms with E-state index in [-0.39, 0.29) is 12.1 Å². The number of hydrogen-bond donors (Lipinski definition) is 1. The number of nitrogens with one attached hydrogen (secondary N) is 1. The zero-order chi connectivity index (χ0) is 18.2. The predicted molar refractivity (Wildman–Crippen MR) is 101 cm³/mol. The lowest BCUT2D eigenvalue weighted by atomic mass is 10.0. The molecule has 0 aromatic heterocycles. The summed E-state index contributed by atoms with van der Waals surface area (Å²) in [6, 6.07) is 5.45. The summed E-state index contributed by atoms with van der Waals surface area (Å²) in [7, 11) is 5.69. The summed E-state index contributed by atoms with van der Waals surface area (Å²) in [6.45, 7) is 2.59. The first-order valence-electron chi connectivity index (χ1n) is 8.65. The summed E-state index contributed by atoms with van der Waals surface area (Å²) < 4.78 is 10.5. The molecule has 1 fully saturated rings. The lowest BCUT2D eigenvalue weighted by Gasteiger charge is -2.37. The van der Waals surface area contributed by atoms with Gasteiger partial charge in [0.2, 0.25) is 0 Å². The number of likely N-dealkylation sites (N-methyl/N-ethyl adjacent to an activating group) is 1. The summed E-state index contributed by atoms with van der Waals surface area (Å²) in [6.07, 6.45) is 3.25. The molecule has 1 aliphatic heterocycles. The van der Waals surface area contributed by atoms with Crippen LogP contribution in [-0.2, 0) is 4.74 Å². The number of ether oxygens (including phenoxy) is 2. The van der Waals surface area contributed by atoms with Crippen molar-refractivity contribution in [3.05, 3.63) is 23.2 Å². The highest BCUT2D eigenvalue weighted by Crippen LogP contribution is 2.28. The molecule has 1 atom stereocenters. The van der Waals surface area contributed by atoms with Crippen molar-refractivity contribution in [3.63, 3.8) is 0 Å². The van der Waals surface area contributed by atoms with Crippen LogP contribution >= 0.6 is 11.6 Å². The van der Waals surface area contributed by atoms with Crippen LogP contribution in [0.2, 0.25) is 5.02 Å². The van der Waals surface area contributed by atoms with Crippen LogP contribution in [0.15, 0.2) is 18.2 Å². The van der Waals surface area contributed by atoms with Crippen molar-refractivity contribution in [2.45, 2.75) is 25.3 Å². The Bertz CT molecular complexity index is 568. The maximum atomic E-state index is 12.7. The van der Waals surface area contributed by atoms with E-state index in [4.69, 9.17) is 21.1 Å². The second-order valence-corrected chi connectivity index (χ2v) is 6.93. The van der Waals surface area contributed by atoms with Gasteiger partial charge in [-0.2, -0.15) is 0 Å². The number of nitrogens with zero attached hydrogens (tertiary/aromatic N) is 2. The van der Waals surface area contributed by atoms with Crippen LogP contribution in [0.25, 0.3) is 0 Å². The molecule has 1 N–H and O–H groups in total. The highest BCUT2D eigenvalue weighted by Gasteiger charge is 2.27. The van der Waals surface area contributed by atoms with Crippen LogP contribution in [0, 0.1) is 0 Å². The molecule has 0 aliphatic carbocycles. The molecule has 0 spiro atoms. The number of methoxy groups -OCH3 is 1. The van der Waals surface area contributed by atoms with Gasteiger partial charge in [0, 0.05) is 31.9 Å². The number of benzene rings is 1. The Morgan fingerprint density at radius 2 is 2.16 bits per heavy atom. The number of amides is 2. The Morgan fingerprint density at radius 3 is 2.84 bits per heavy atom. The van der Waals surface area contributed by atoms with E-state index in [0.29, 0.717) is 29.7 Å². The third-order valence-corrected chi connectivity index (χ3v) is 4.49. The summed E-state index contributed by atoms with van der Waals surface area (Å²) in [5, 5.41) is 3.42. The standard InChI is InChI=1S/C18H28ClN3O3/c1-21(2)13-15-6-4-5-9-22(15)18(23)20-14-7-8-17(16(19)12-14)25-11-10-24-3/h7-8,12,15H,4-6,9-11,13H2,1-3H3,(H,20,23)/t15-/m1/s1. The predicted octanol–water partition coefficient (Wildman–Crippen LogP) is 3.31. The Balaban J connectivity index is 1.97. The highest BCUT2D eigenvalue weighted by molar-refractivity contribution is 6.32. The first-order chi connectivity index (χ1) is 12.0. The number of anilines is 1. The monoisotopic (exact) mass is 369 g/mol. The van der Waals surface area contributed by atoms with E-state index in [2.05, 4.69) is 10.2 Å². The molecule has 1 heterocycles. The van der Waals surface area contributed by atoms with E-state index < -0.39 is 0 Å². The second-order valence-electron chi connectivity index (χ2n) is 6.52. The molecule has 1 aromatic carbocycles. The van der Waals surface area contributed by atoms with Gasteiger partial charge in [-0.05, 0) is 51.6 Å². The minimum atomic E-state index is -0.0735. The van der Waals surface area contributed by atoms with Crippen LogP contribution in [0.1, 0.15) is 19.3 Å². The molecule has 2 amide bonds. The number of likely N-dealkylation sites (tertiary alicyclic amines) is 1. The normalized spacial score (nSPS) is 17.6. The fraction of sp³-hybridized carbons (Fsp3) is 0.611. The number of carbonyl (C=O) groups is 1. The largest absolute Gasteiger partial charge is 0.490 e. The third-order valence-electron chi connectivity index (χ3n) is 4.19. The zero-order valence-corrected chi connectivity index (χ0v) is 16.0. The number of carbonyl (C=O) groups excluding carboxylic acids is 1. The molecule has 140 valence electrons. The van der Waals surface area contributed by atoms with Gasteiger partial charge < -0.3 is 24.6 Å². The van der Waals surface area contributed by atoms with Crippen molar-refractivity contribution in [2.24, 2.45) is 0 Å². The van der Waals surface area contributed by atoms with E-state index in [0.717, 1.165) is 25.9 Å². The fourth-order valence-electron chi connectivity index (χ4n) is 3.01. The van der Waals surface area contributed by atoms with E-state index in [1.807, 2.05) is 19.0 Å². The Kier molecular flexibility index (Phi) is 7.81. The Morgan fingerprint density at radius 1 is 1.36 bits per heavy atom. The smallest absolute Gasteiger partial charge is 0.322 e. The van der Waals surface area contributed by atoms with Gasteiger partial charge in [0.15, 0.2) is 0 Å². The van der Waals surface area contributed by atoms with Gasteiger partial charge in [-0.15, -0.1) is 0 Å². The number of urea groups is 1. The first-order valence-corrected chi connectivity index (χ1v) is 9.02. The maximum absolute atomic E-state index is 12.7. The molecule has 0 unspecified atom stereocenters. The summed E-state index contributed by atoms with van der Waals surface area (Å²) >= 11 is 6.24. The SMILES string of the molecule is COCCOc1ccc(NC(=O)N2CCCC[C@@H]2CN(C)C)cc1Cl. The Labute approximate surface area is 155 Å². The lowest BCUT2D eigenvalue weighted by molar-refractivity contribution is 0.143. The van der Waals surface area contributed by atoms with E-state index in [9.17, 15) is 4.79 Å². The molecule has 1 saturated heterocycles. The van der Waals surface area contributed by atoms with Gasteiger partial charge in [-0.3, -0.25) is 0 Å². The molecule has 0 saturated carbocycles. The van der Waals surface area contributed by atoms with Crippen molar-refractivity contribution >= 4 is 23.3 Å². The molecular weight excluding hydrogens is 342 g/mol. The fourth-order valence-corrected chi connectivity index (χ4v) is 3.24. The number of rotatable bonds is 7. The Hall–Kier alpha value is -1.50. The molecule has 2 rings (SSSR count). The summed E-state index contributed by atoms with van der Waals surface area (Å²) in [5.74, 6) is 0.583. The topological polar surface area (TPSA) is 54.0 Å². The van der Waals surface area contributed by atoms with Crippen LogP contribution in [0.5, 0.6) is 5.75 Å². The van der Waals surface area contributed by atoms with E-state index >= 15 is 0 Å². The van der Waals surface area contributed by atoms with Gasteiger partial charge in [0.25, 0.3) is 0 Å². The van der Waals surface area contributed by atoms with Crippen molar-refractivity contribution < 1.29 is 14.3 Å². The summed E-state index contributed by atoms with van der Waals surface area (Å²) in [4.78, 5) is 16.7. The average molecular weight is 370 g/mol. The van der Waals surface area contributed by atoms with Crippen molar-refractivity contribution in [3.8, 4) is 5.75 Å². The van der Waals surface area contributed by atoms with Crippen LogP contribution in [0.4, 0.5) is 10.5 Å². The first kappa shape index (κ1) is 19.8. The summed E-state index contributed by atoms with van der Waals surface area (Å²) in [5.41, 5.74) is 0.670. The minimum Gasteiger partial charge on any atom is -0.490 e. The van der Waals surface area contributed by atoms with Crippen LogP contribution < -0.4 is 10.1 Å². The quantitative estimate of drug-likeness (QED) is 0.749. The minimum absolute atomic E-state index is 0.0735. The number of hydrogen-bond acceptors (Lipinski definition) is 4. The molecular formula is C18H28ClN3O3.